The number of aliphatic imine (C=N–C) groups is 1. The average molecular weight is 445 g/mol. The fraction of sp³-hybridized carbons (Fsp3) is 0.414. The molecule has 2 aromatic rings. The van der Waals surface area contributed by atoms with Gasteiger partial charge in [0.15, 0.2) is 0 Å². The summed E-state index contributed by atoms with van der Waals surface area (Å²) in [7, 11) is 4.36. The lowest BCUT2D eigenvalue weighted by Gasteiger charge is -2.40. The molecule has 2 aromatic carbocycles. The summed E-state index contributed by atoms with van der Waals surface area (Å²) < 4.78 is 0. The average Bonchev–Trinajstić information content (AvgIpc) is 2.83. The van der Waals surface area contributed by atoms with Crippen molar-refractivity contribution in [3.63, 3.8) is 0 Å². The number of likely N-dealkylation sites (N-methyl/N-ethyl adjacent to an activating group) is 2. The SMILES string of the molecule is C=Cc1cc(CC)c(N(C)C/C(=C/C)N(CCC)c2ccccc2C2CN(C)C2)c(N=C)c1. The molecule has 0 unspecified atom stereocenters. The standard InChI is InChI=1S/C29H40N4/c1-8-16-33(28-15-13-12-14-26(28)24-19-31(6)20-24)25(11-4)21-32(7)29-23(10-3)17-22(9-2)18-27(29)30-5/h9,11-15,17-18,24H,2,5,8,10,16,19-21H2,1,3-4,6-7H3/b25-11-. The van der Waals surface area contributed by atoms with Crippen LogP contribution in [0.5, 0.6) is 0 Å². The molecule has 1 heterocycles. The number of nitrogens with zero attached hydrogens (tertiary/aromatic N) is 4. The number of anilines is 2. The van der Waals surface area contributed by atoms with Crippen molar-refractivity contribution < 1.29 is 0 Å². The van der Waals surface area contributed by atoms with Crippen LogP contribution in [0, 0.1) is 0 Å². The van der Waals surface area contributed by atoms with Crippen LogP contribution in [-0.2, 0) is 6.42 Å². The summed E-state index contributed by atoms with van der Waals surface area (Å²) in [6.45, 7) is 18.5. The maximum atomic E-state index is 4.37. The van der Waals surface area contributed by atoms with E-state index in [2.05, 4.69) is 110 Å². The summed E-state index contributed by atoms with van der Waals surface area (Å²) in [5.41, 5.74) is 8.55. The Hall–Kier alpha value is -2.85. The summed E-state index contributed by atoms with van der Waals surface area (Å²) in [6, 6.07) is 13.3. The predicted molar refractivity (Wildman–Crippen MR) is 146 cm³/mol. The molecule has 3 rings (SSSR count). The minimum Gasteiger partial charge on any atom is -0.367 e. The van der Waals surface area contributed by atoms with E-state index in [1.54, 1.807) is 0 Å². The summed E-state index contributed by atoms with van der Waals surface area (Å²) in [5, 5.41) is 0. The molecule has 1 aliphatic rings. The number of rotatable bonds is 11. The topological polar surface area (TPSA) is 22.1 Å². The maximum absolute atomic E-state index is 4.37. The van der Waals surface area contributed by atoms with Gasteiger partial charge in [0.05, 0.1) is 17.9 Å². The van der Waals surface area contributed by atoms with Crippen molar-refractivity contribution in [2.75, 3.05) is 50.1 Å². The van der Waals surface area contributed by atoms with Gasteiger partial charge in [-0.15, -0.1) is 0 Å². The van der Waals surface area contributed by atoms with Crippen LogP contribution in [0.1, 0.15) is 49.8 Å². The van der Waals surface area contributed by atoms with Crippen molar-refractivity contribution in [2.45, 2.75) is 39.5 Å². The van der Waals surface area contributed by atoms with Gasteiger partial charge in [0.1, 0.15) is 0 Å². The zero-order valence-electron chi connectivity index (χ0n) is 21.1. The molecule has 0 spiro atoms. The van der Waals surface area contributed by atoms with E-state index in [1.807, 2.05) is 6.08 Å². The summed E-state index contributed by atoms with van der Waals surface area (Å²) in [6.07, 6.45) is 6.17. The fourth-order valence-electron chi connectivity index (χ4n) is 4.92. The highest BCUT2D eigenvalue weighted by atomic mass is 15.2. The van der Waals surface area contributed by atoms with Gasteiger partial charge in [-0.05, 0) is 68.4 Å². The molecule has 1 aliphatic heterocycles. The number of benzene rings is 2. The van der Waals surface area contributed by atoms with Gasteiger partial charge in [0.2, 0.25) is 0 Å². The molecule has 0 N–H and O–H groups in total. The van der Waals surface area contributed by atoms with Gasteiger partial charge >= 0.3 is 0 Å². The third-order valence-corrected chi connectivity index (χ3v) is 6.62. The predicted octanol–water partition coefficient (Wildman–Crippen LogP) is 6.51. The van der Waals surface area contributed by atoms with Crippen molar-refractivity contribution in [3.05, 3.63) is 71.4 Å². The Balaban J connectivity index is 1.96. The molecule has 0 aromatic heterocycles. The first-order valence-corrected chi connectivity index (χ1v) is 12.1. The Bertz CT molecular complexity index is 1000. The second kappa shape index (κ2) is 11.3. The van der Waals surface area contributed by atoms with E-state index >= 15 is 0 Å². The molecule has 1 fully saturated rings. The first-order valence-electron chi connectivity index (χ1n) is 12.1. The van der Waals surface area contributed by atoms with Crippen molar-refractivity contribution in [2.24, 2.45) is 4.99 Å². The molecule has 0 atom stereocenters. The van der Waals surface area contributed by atoms with E-state index in [-0.39, 0.29) is 0 Å². The molecule has 33 heavy (non-hydrogen) atoms. The lowest BCUT2D eigenvalue weighted by Crippen LogP contribution is -2.42. The van der Waals surface area contributed by atoms with Crippen LogP contribution in [0.3, 0.4) is 0 Å². The third-order valence-electron chi connectivity index (χ3n) is 6.62. The van der Waals surface area contributed by atoms with Gasteiger partial charge < -0.3 is 14.7 Å². The Labute approximate surface area is 200 Å². The minimum absolute atomic E-state index is 0.608. The number of aryl methyl sites for hydroxylation is 1. The zero-order valence-corrected chi connectivity index (χ0v) is 21.1. The molecule has 1 saturated heterocycles. The van der Waals surface area contributed by atoms with Crippen LogP contribution in [-0.4, -0.2) is 51.9 Å². The molecule has 0 amide bonds. The Morgan fingerprint density at radius 1 is 1.21 bits per heavy atom. The van der Waals surface area contributed by atoms with Gasteiger partial charge in [-0.25, -0.2) is 0 Å². The number of allylic oxidation sites excluding steroid dienone is 1. The summed E-state index contributed by atoms with van der Waals surface area (Å²) in [5.74, 6) is 0.608. The lowest BCUT2D eigenvalue weighted by molar-refractivity contribution is 0.190. The third kappa shape index (κ3) is 5.39. The van der Waals surface area contributed by atoms with Gasteiger partial charge in [-0.1, -0.05) is 50.8 Å². The monoisotopic (exact) mass is 444 g/mol. The molecular formula is C29H40N4. The molecule has 4 nitrogen and oxygen atoms in total. The van der Waals surface area contributed by atoms with Crippen LogP contribution in [0.15, 0.2) is 59.7 Å². The Morgan fingerprint density at radius 2 is 1.94 bits per heavy atom. The number of hydrogen-bond acceptors (Lipinski definition) is 4. The number of likely N-dealkylation sites (tertiary alicyclic amines) is 1. The maximum Gasteiger partial charge on any atom is 0.0864 e. The Morgan fingerprint density at radius 3 is 2.52 bits per heavy atom. The van der Waals surface area contributed by atoms with Gasteiger partial charge in [-0.3, -0.25) is 4.99 Å². The van der Waals surface area contributed by atoms with Crippen LogP contribution < -0.4 is 9.80 Å². The first-order chi connectivity index (χ1) is 16.0. The van der Waals surface area contributed by atoms with Gasteiger partial charge in [0.25, 0.3) is 0 Å². The largest absolute Gasteiger partial charge is 0.367 e. The number of hydrogen-bond donors (Lipinski definition) is 0. The normalized spacial score (nSPS) is 14.6. The Kier molecular flexibility index (Phi) is 8.51. The summed E-state index contributed by atoms with van der Waals surface area (Å²) >= 11 is 0. The van der Waals surface area contributed by atoms with Crippen molar-refractivity contribution in [1.29, 1.82) is 0 Å². The van der Waals surface area contributed by atoms with Crippen LogP contribution >= 0.6 is 0 Å². The fourth-order valence-corrected chi connectivity index (χ4v) is 4.92. The highest BCUT2D eigenvalue weighted by Gasteiger charge is 2.28. The second-order valence-electron chi connectivity index (χ2n) is 9.03. The van der Waals surface area contributed by atoms with Crippen LogP contribution in [0.2, 0.25) is 0 Å². The van der Waals surface area contributed by atoms with Crippen molar-refractivity contribution >= 4 is 29.9 Å². The molecule has 0 saturated carbocycles. The quantitative estimate of drug-likeness (QED) is 0.369. The van der Waals surface area contributed by atoms with E-state index in [0.29, 0.717) is 5.92 Å². The zero-order chi connectivity index (χ0) is 24.0. The smallest absolute Gasteiger partial charge is 0.0864 e. The highest BCUT2D eigenvalue weighted by molar-refractivity contribution is 5.77. The molecular weight excluding hydrogens is 404 g/mol. The summed E-state index contributed by atoms with van der Waals surface area (Å²) in [4.78, 5) is 11.6. The van der Waals surface area contributed by atoms with E-state index in [4.69, 9.17) is 0 Å². The molecule has 0 radical (unpaired) electrons. The van der Waals surface area contributed by atoms with E-state index in [9.17, 15) is 0 Å². The van der Waals surface area contributed by atoms with E-state index in [1.165, 1.54) is 22.5 Å². The molecule has 176 valence electrons. The van der Waals surface area contributed by atoms with Crippen molar-refractivity contribution in [3.8, 4) is 0 Å². The van der Waals surface area contributed by atoms with Crippen LogP contribution in [0.4, 0.5) is 17.1 Å². The second-order valence-corrected chi connectivity index (χ2v) is 9.03. The number of para-hydroxylation sites is 1. The van der Waals surface area contributed by atoms with Gasteiger partial charge in [0, 0.05) is 44.0 Å². The lowest BCUT2D eigenvalue weighted by atomic mass is 9.90. The minimum atomic E-state index is 0.608. The van der Waals surface area contributed by atoms with Crippen LogP contribution in [0.25, 0.3) is 6.08 Å². The first kappa shape index (κ1) is 24.8. The molecule has 0 bridgehead atoms. The van der Waals surface area contributed by atoms with Gasteiger partial charge in [-0.2, -0.15) is 0 Å². The van der Waals surface area contributed by atoms with E-state index in [0.717, 1.165) is 56.0 Å². The van der Waals surface area contributed by atoms with E-state index < -0.39 is 0 Å². The highest BCUT2D eigenvalue weighted by Crippen LogP contribution is 2.37. The molecule has 4 heteroatoms. The molecule has 0 aliphatic carbocycles. The van der Waals surface area contributed by atoms with Crippen molar-refractivity contribution in [1.82, 2.24) is 4.90 Å².